The fourth-order valence-electron chi connectivity index (χ4n) is 18.1. The topological polar surface area (TPSA) is 73.2 Å². The van der Waals surface area contributed by atoms with Gasteiger partial charge in [-0.3, -0.25) is 4.90 Å². The molecule has 2 aliphatic heterocycles. The number of ether oxygens (including phenoxy) is 1. The van der Waals surface area contributed by atoms with Crippen LogP contribution < -0.4 is 0 Å². The van der Waals surface area contributed by atoms with E-state index in [1.807, 2.05) is 7.11 Å². The van der Waals surface area contributed by atoms with E-state index in [2.05, 4.69) is 73.3 Å². The molecule has 6 saturated carbocycles. The molecule has 314 valence electrons. The highest BCUT2D eigenvalue weighted by Crippen LogP contribution is 2.78. The van der Waals surface area contributed by atoms with E-state index in [0.29, 0.717) is 47.5 Å². The second-order valence-corrected chi connectivity index (χ2v) is 22.8. The minimum absolute atomic E-state index is 0.0251. The number of aliphatic hydroxyl groups is 3. The summed E-state index contributed by atoms with van der Waals surface area (Å²) in [5.74, 6) is 5.05. The van der Waals surface area contributed by atoms with E-state index in [9.17, 15) is 15.3 Å². The van der Waals surface area contributed by atoms with Crippen molar-refractivity contribution in [3.05, 3.63) is 60.2 Å². The predicted octanol–water partition coefficient (Wildman–Crippen LogP) is 10.5. The summed E-state index contributed by atoms with van der Waals surface area (Å²) in [7, 11) is 1.83. The van der Waals surface area contributed by atoms with Crippen LogP contribution in [0.4, 0.5) is 0 Å². The summed E-state index contributed by atoms with van der Waals surface area (Å²) >= 11 is 0. The van der Waals surface area contributed by atoms with Crippen LogP contribution >= 0.6 is 0 Å². The molecule has 58 heavy (non-hydrogen) atoms. The normalized spacial score (nSPS) is 46.3. The fourth-order valence-corrected chi connectivity index (χ4v) is 18.1. The van der Waals surface area contributed by atoms with Crippen LogP contribution in [0.5, 0.6) is 0 Å². The first kappa shape index (κ1) is 38.9. The van der Waals surface area contributed by atoms with Gasteiger partial charge in [0.15, 0.2) is 0 Å². The number of rotatable bonds is 7. The molecule has 0 aromatic heterocycles. The molecule has 8 aliphatic rings. The molecule has 8 fully saturated rings. The van der Waals surface area contributed by atoms with Gasteiger partial charge in [0, 0.05) is 32.8 Å². The zero-order chi connectivity index (χ0) is 39.6. The van der Waals surface area contributed by atoms with Crippen molar-refractivity contribution >= 4 is 21.5 Å². The average Bonchev–Trinajstić information content (AvgIpc) is 3.77. The van der Waals surface area contributed by atoms with Crippen molar-refractivity contribution in [1.82, 2.24) is 4.90 Å². The molecule has 5 heteroatoms. The number of hydrogen-bond donors (Lipinski definition) is 3. The van der Waals surface area contributed by atoms with Crippen LogP contribution in [0.2, 0.25) is 0 Å². The van der Waals surface area contributed by atoms with Crippen LogP contribution in [0.15, 0.2) is 54.6 Å². The van der Waals surface area contributed by atoms with Gasteiger partial charge < -0.3 is 20.1 Å². The molecule has 0 radical (unpaired) electrons. The standard InChI is InChI=1S/C53H73NO4/c1-33-11-16-48-50(2,57)43-14-15-44-41(42(43)31-54(48)30-33)26-47-52(44)18-7-19-53(47)32-51(49(56)27-45(53)46(55)29-52)20-17-34(28-51)22-35(10-6-21-58-3)38-12-13-39-23-36-8-4-5-9-37(36)24-40(39)25-38/h4-5,8-9,12-13,23-25,33-35,41-49,55-57H,6-7,10-11,14-22,26-32H2,1-3H3. The van der Waals surface area contributed by atoms with Crippen molar-refractivity contribution in [1.29, 1.82) is 0 Å². The van der Waals surface area contributed by atoms with Crippen LogP contribution in [0.1, 0.15) is 134 Å². The molecule has 2 saturated heterocycles. The molecule has 3 N–H and O–H groups in total. The van der Waals surface area contributed by atoms with E-state index in [0.717, 1.165) is 70.4 Å². The Kier molecular flexibility index (Phi) is 9.56. The Hall–Kier alpha value is -2.02. The number of hydrogen-bond acceptors (Lipinski definition) is 5. The van der Waals surface area contributed by atoms with Crippen molar-refractivity contribution in [3.8, 4) is 0 Å². The van der Waals surface area contributed by atoms with Gasteiger partial charge in [-0.1, -0.05) is 55.8 Å². The van der Waals surface area contributed by atoms with E-state index >= 15 is 0 Å². The molecule has 2 bridgehead atoms. The van der Waals surface area contributed by atoms with Crippen molar-refractivity contribution in [2.75, 3.05) is 26.8 Å². The molecule has 2 spiro atoms. The van der Waals surface area contributed by atoms with Crippen LogP contribution in [-0.2, 0) is 4.74 Å². The quantitative estimate of drug-likeness (QED) is 0.164. The molecular weight excluding hydrogens is 715 g/mol. The summed E-state index contributed by atoms with van der Waals surface area (Å²) in [6.07, 6.45) is 19.2. The molecule has 6 aliphatic carbocycles. The molecular formula is C53H73NO4. The van der Waals surface area contributed by atoms with Gasteiger partial charge in [-0.05, 0) is 218 Å². The van der Waals surface area contributed by atoms with Crippen LogP contribution in [-0.4, -0.2) is 70.9 Å². The first-order valence-electron chi connectivity index (χ1n) is 24.3. The Balaban J connectivity index is 0.873. The van der Waals surface area contributed by atoms with Crippen LogP contribution in [0, 0.1) is 63.6 Å². The smallest absolute Gasteiger partial charge is 0.0805 e. The molecule has 0 amide bonds. The Morgan fingerprint density at radius 3 is 2.40 bits per heavy atom. The fraction of sp³-hybridized carbons (Fsp3) is 0.736. The van der Waals surface area contributed by atoms with E-state index in [1.165, 1.54) is 91.4 Å². The van der Waals surface area contributed by atoms with E-state index < -0.39 is 5.60 Å². The van der Waals surface area contributed by atoms with Crippen LogP contribution in [0.3, 0.4) is 0 Å². The number of methoxy groups -OCH3 is 1. The molecule has 5 nitrogen and oxygen atoms in total. The van der Waals surface area contributed by atoms with Crippen molar-refractivity contribution < 1.29 is 20.1 Å². The first-order chi connectivity index (χ1) is 28.0. The number of aliphatic hydroxyl groups excluding tert-OH is 2. The zero-order valence-electron chi connectivity index (χ0n) is 36.0. The third-order valence-electron chi connectivity index (χ3n) is 20.2. The molecule has 3 aromatic rings. The van der Waals surface area contributed by atoms with E-state index in [4.69, 9.17) is 4.74 Å². The molecule has 16 unspecified atom stereocenters. The molecule has 11 rings (SSSR count). The SMILES string of the molecule is COCCCC(CC1CCC2(C1)CC13CCCC4(CC(O)C1CC2O)C1CCC2C(CN5CC(C)CCC5C2(C)O)C1CC34)c1ccc2cc3ccccc3cc2c1. The highest BCUT2D eigenvalue weighted by molar-refractivity contribution is 5.98. The lowest BCUT2D eigenvalue weighted by molar-refractivity contribution is -0.231. The average molecular weight is 788 g/mol. The molecule has 2 heterocycles. The lowest BCUT2D eigenvalue weighted by atomic mass is 9.38. The summed E-state index contributed by atoms with van der Waals surface area (Å²) in [4.78, 5) is 2.74. The van der Waals surface area contributed by atoms with Gasteiger partial charge in [0.2, 0.25) is 0 Å². The maximum atomic E-state index is 12.4. The van der Waals surface area contributed by atoms with Gasteiger partial charge in [-0.25, -0.2) is 0 Å². The number of fused-ring (bicyclic) bond motifs is 6. The summed E-state index contributed by atoms with van der Waals surface area (Å²) in [6.45, 7) is 7.77. The Morgan fingerprint density at radius 1 is 0.793 bits per heavy atom. The van der Waals surface area contributed by atoms with Gasteiger partial charge in [0.1, 0.15) is 0 Å². The van der Waals surface area contributed by atoms with Crippen molar-refractivity contribution in [2.45, 2.75) is 153 Å². The Bertz CT molecular complexity index is 2010. The minimum atomic E-state index is -0.602. The second kappa shape index (κ2) is 14.3. The van der Waals surface area contributed by atoms with Gasteiger partial charge in [-0.2, -0.15) is 0 Å². The third-order valence-corrected chi connectivity index (χ3v) is 20.2. The summed E-state index contributed by atoms with van der Waals surface area (Å²) in [5.41, 5.74) is 1.23. The zero-order valence-corrected chi connectivity index (χ0v) is 36.0. The number of benzene rings is 3. The van der Waals surface area contributed by atoms with Crippen molar-refractivity contribution in [3.63, 3.8) is 0 Å². The van der Waals surface area contributed by atoms with Gasteiger partial charge in [0.05, 0.1) is 17.8 Å². The Labute approximate surface area is 348 Å². The first-order valence-corrected chi connectivity index (χ1v) is 24.3. The summed E-state index contributed by atoms with van der Waals surface area (Å²) in [6, 6.07) is 21.0. The molecule has 16 atom stereocenters. The van der Waals surface area contributed by atoms with E-state index in [-0.39, 0.29) is 34.4 Å². The summed E-state index contributed by atoms with van der Waals surface area (Å²) < 4.78 is 5.58. The van der Waals surface area contributed by atoms with Crippen LogP contribution in [0.25, 0.3) is 21.5 Å². The van der Waals surface area contributed by atoms with Gasteiger partial charge in [0.25, 0.3) is 0 Å². The highest BCUT2D eigenvalue weighted by atomic mass is 16.5. The predicted molar refractivity (Wildman–Crippen MR) is 233 cm³/mol. The number of nitrogens with zero attached hydrogens (tertiary/aromatic N) is 1. The van der Waals surface area contributed by atoms with Crippen molar-refractivity contribution in [2.24, 2.45) is 63.6 Å². The highest BCUT2D eigenvalue weighted by Gasteiger charge is 2.73. The second-order valence-electron chi connectivity index (χ2n) is 22.8. The minimum Gasteiger partial charge on any atom is -0.393 e. The third kappa shape index (κ3) is 5.85. The monoisotopic (exact) mass is 788 g/mol. The molecule has 3 aromatic carbocycles. The largest absolute Gasteiger partial charge is 0.393 e. The Morgan fingerprint density at radius 2 is 1.57 bits per heavy atom. The maximum Gasteiger partial charge on any atom is 0.0805 e. The maximum absolute atomic E-state index is 12.4. The summed E-state index contributed by atoms with van der Waals surface area (Å²) in [5, 5.41) is 42.4. The van der Waals surface area contributed by atoms with Gasteiger partial charge in [-0.15, -0.1) is 0 Å². The van der Waals surface area contributed by atoms with E-state index in [1.54, 1.807) is 0 Å². The van der Waals surface area contributed by atoms with Gasteiger partial charge >= 0.3 is 0 Å². The lowest BCUT2D eigenvalue weighted by Gasteiger charge is -2.68. The lowest BCUT2D eigenvalue weighted by Crippen LogP contribution is -2.67. The number of piperidine rings is 2.